The monoisotopic (exact) mass is 241 g/mol. The minimum absolute atomic E-state index is 0.404. The van der Waals surface area contributed by atoms with Gasteiger partial charge in [-0.15, -0.1) is 0 Å². The molecule has 0 aliphatic carbocycles. The molecule has 0 aromatic carbocycles. The van der Waals surface area contributed by atoms with Gasteiger partial charge in [-0.05, 0) is 58.4 Å². The first-order valence-corrected chi connectivity index (χ1v) is 7.23. The SMILES string of the molecule is CC(O)(CCC1CCCO1)CC1CCCCN1. The van der Waals surface area contributed by atoms with E-state index in [0.29, 0.717) is 12.1 Å². The Balaban J connectivity index is 1.68. The Labute approximate surface area is 105 Å². The first kappa shape index (κ1) is 13.3. The molecule has 17 heavy (non-hydrogen) atoms. The van der Waals surface area contributed by atoms with Crippen molar-refractivity contribution >= 4 is 0 Å². The quantitative estimate of drug-likeness (QED) is 0.775. The Bertz CT molecular complexity index is 218. The molecular weight excluding hydrogens is 214 g/mol. The summed E-state index contributed by atoms with van der Waals surface area (Å²) < 4.78 is 5.61. The van der Waals surface area contributed by atoms with Crippen LogP contribution < -0.4 is 5.32 Å². The molecule has 2 rings (SSSR count). The van der Waals surface area contributed by atoms with Crippen LogP contribution in [0.25, 0.3) is 0 Å². The summed E-state index contributed by atoms with van der Waals surface area (Å²) in [6, 6.07) is 0.517. The highest BCUT2D eigenvalue weighted by atomic mass is 16.5. The van der Waals surface area contributed by atoms with Gasteiger partial charge in [-0.1, -0.05) is 6.42 Å². The maximum atomic E-state index is 10.4. The van der Waals surface area contributed by atoms with Gasteiger partial charge in [0.2, 0.25) is 0 Å². The van der Waals surface area contributed by atoms with Crippen LogP contribution in [0.5, 0.6) is 0 Å². The number of hydrogen-bond acceptors (Lipinski definition) is 3. The van der Waals surface area contributed by atoms with Crippen LogP contribution in [-0.4, -0.2) is 36.0 Å². The fourth-order valence-corrected chi connectivity index (χ4v) is 3.08. The second kappa shape index (κ2) is 6.17. The van der Waals surface area contributed by atoms with E-state index in [9.17, 15) is 5.11 Å². The van der Waals surface area contributed by atoms with Crippen LogP contribution in [0.3, 0.4) is 0 Å². The average Bonchev–Trinajstić information content (AvgIpc) is 2.80. The maximum Gasteiger partial charge on any atom is 0.0635 e. The minimum Gasteiger partial charge on any atom is -0.390 e. The van der Waals surface area contributed by atoms with Gasteiger partial charge < -0.3 is 15.2 Å². The van der Waals surface area contributed by atoms with Gasteiger partial charge in [0.05, 0.1) is 11.7 Å². The topological polar surface area (TPSA) is 41.5 Å². The molecule has 0 radical (unpaired) electrons. The molecule has 100 valence electrons. The number of nitrogens with one attached hydrogen (secondary N) is 1. The molecule has 3 nitrogen and oxygen atoms in total. The van der Waals surface area contributed by atoms with Gasteiger partial charge in [-0.25, -0.2) is 0 Å². The second-order valence-electron chi connectivity index (χ2n) is 6.02. The van der Waals surface area contributed by atoms with Crippen LogP contribution in [0.2, 0.25) is 0 Å². The van der Waals surface area contributed by atoms with E-state index in [2.05, 4.69) is 5.32 Å². The highest BCUT2D eigenvalue weighted by Crippen LogP contribution is 2.26. The number of ether oxygens (including phenoxy) is 1. The molecule has 2 aliphatic rings. The van der Waals surface area contributed by atoms with Gasteiger partial charge in [-0.2, -0.15) is 0 Å². The summed E-state index contributed by atoms with van der Waals surface area (Å²) in [6.07, 6.45) is 9.36. The van der Waals surface area contributed by atoms with Crippen molar-refractivity contribution in [1.82, 2.24) is 5.32 Å². The lowest BCUT2D eigenvalue weighted by molar-refractivity contribution is 0.00884. The highest BCUT2D eigenvalue weighted by molar-refractivity contribution is 4.84. The Hall–Kier alpha value is -0.120. The van der Waals surface area contributed by atoms with E-state index < -0.39 is 5.60 Å². The lowest BCUT2D eigenvalue weighted by Gasteiger charge is -2.32. The van der Waals surface area contributed by atoms with Crippen molar-refractivity contribution in [2.45, 2.75) is 76.0 Å². The number of hydrogen-bond donors (Lipinski definition) is 2. The Morgan fingerprint density at radius 2 is 2.18 bits per heavy atom. The van der Waals surface area contributed by atoms with Gasteiger partial charge in [0, 0.05) is 12.6 Å². The molecule has 0 spiro atoms. The number of aliphatic hydroxyl groups is 1. The van der Waals surface area contributed by atoms with Crippen LogP contribution >= 0.6 is 0 Å². The van der Waals surface area contributed by atoms with E-state index in [1.807, 2.05) is 6.92 Å². The van der Waals surface area contributed by atoms with Crippen molar-refractivity contribution in [3.8, 4) is 0 Å². The molecule has 0 amide bonds. The Morgan fingerprint density at radius 3 is 2.82 bits per heavy atom. The van der Waals surface area contributed by atoms with E-state index in [0.717, 1.165) is 32.4 Å². The molecular formula is C14H27NO2. The largest absolute Gasteiger partial charge is 0.390 e. The molecule has 2 N–H and O–H groups in total. The predicted octanol–water partition coefficient (Wildman–Crippen LogP) is 2.23. The highest BCUT2D eigenvalue weighted by Gasteiger charge is 2.28. The third-order valence-corrected chi connectivity index (χ3v) is 4.13. The molecule has 3 heteroatoms. The van der Waals surface area contributed by atoms with Crippen LogP contribution in [0.1, 0.15) is 58.3 Å². The van der Waals surface area contributed by atoms with E-state index in [1.54, 1.807) is 0 Å². The summed E-state index contributed by atoms with van der Waals surface area (Å²) in [7, 11) is 0. The number of rotatable bonds is 5. The third kappa shape index (κ3) is 4.57. The van der Waals surface area contributed by atoms with Crippen molar-refractivity contribution < 1.29 is 9.84 Å². The lowest BCUT2D eigenvalue weighted by atomic mass is 9.87. The second-order valence-corrected chi connectivity index (χ2v) is 6.02. The van der Waals surface area contributed by atoms with Gasteiger partial charge in [0.25, 0.3) is 0 Å². The molecule has 2 aliphatic heterocycles. The zero-order chi connectivity index (χ0) is 12.1. The molecule has 2 heterocycles. The standard InChI is InChI=1S/C14H27NO2/c1-14(16,8-7-13-6-4-10-17-13)11-12-5-2-3-9-15-12/h12-13,15-16H,2-11H2,1H3. The van der Waals surface area contributed by atoms with Crippen molar-refractivity contribution in [3.63, 3.8) is 0 Å². The van der Waals surface area contributed by atoms with Crippen molar-refractivity contribution in [2.75, 3.05) is 13.2 Å². The van der Waals surface area contributed by atoms with Crippen LogP contribution in [0, 0.1) is 0 Å². The van der Waals surface area contributed by atoms with Crippen LogP contribution in [0.4, 0.5) is 0 Å². The van der Waals surface area contributed by atoms with Gasteiger partial charge >= 0.3 is 0 Å². The summed E-state index contributed by atoms with van der Waals surface area (Å²) in [4.78, 5) is 0. The first-order chi connectivity index (χ1) is 8.16. The average molecular weight is 241 g/mol. The van der Waals surface area contributed by atoms with E-state index >= 15 is 0 Å². The fourth-order valence-electron chi connectivity index (χ4n) is 3.08. The molecule has 0 aromatic rings. The van der Waals surface area contributed by atoms with Crippen molar-refractivity contribution in [1.29, 1.82) is 0 Å². The summed E-state index contributed by atoms with van der Waals surface area (Å²) in [5, 5.41) is 13.9. The molecule has 2 fully saturated rings. The van der Waals surface area contributed by atoms with Crippen molar-refractivity contribution in [3.05, 3.63) is 0 Å². The smallest absolute Gasteiger partial charge is 0.0635 e. The Kier molecular flexibility index (Phi) is 4.83. The maximum absolute atomic E-state index is 10.4. The molecule has 0 aromatic heterocycles. The summed E-state index contributed by atoms with van der Waals surface area (Å²) in [5.41, 5.74) is -0.527. The number of piperidine rings is 1. The normalized spacial score (nSPS) is 33.5. The van der Waals surface area contributed by atoms with E-state index in [4.69, 9.17) is 4.74 Å². The predicted molar refractivity (Wildman–Crippen MR) is 69.1 cm³/mol. The molecule has 3 atom stereocenters. The van der Waals surface area contributed by atoms with Crippen molar-refractivity contribution in [2.24, 2.45) is 0 Å². The molecule has 0 bridgehead atoms. The van der Waals surface area contributed by atoms with E-state index in [-0.39, 0.29) is 0 Å². The minimum atomic E-state index is -0.527. The zero-order valence-corrected chi connectivity index (χ0v) is 11.1. The summed E-state index contributed by atoms with van der Waals surface area (Å²) in [5.74, 6) is 0. The fraction of sp³-hybridized carbons (Fsp3) is 1.00. The van der Waals surface area contributed by atoms with Gasteiger partial charge in [0.1, 0.15) is 0 Å². The summed E-state index contributed by atoms with van der Waals surface area (Å²) >= 11 is 0. The lowest BCUT2D eigenvalue weighted by Crippen LogP contribution is -2.41. The molecule has 2 saturated heterocycles. The van der Waals surface area contributed by atoms with Gasteiger partial charge in [-0.3, -0.25) is 0 Å². The third-order valence-electron chi connectivity index (χ3n) is 4.13. The molecule has 3 unspecified atom stereocenters. The Morgan fingerprint density at radius 1 is 1.29 bits per heavy atom. The van der Waals surface area contributed by atoms with Crippen LogP contribution in [-0.2, 0) is 4.74 Å². The summed E-state index contributed by atoms with van der Waals surface area (Å²) in [6.45, 7) is 4.02. The van der Waals surface area contributed by atoms with Gasteiger partial charge in [0.15, 0.2) is 0 Å². The first-order valence-electron chi connectivity index (χ1n) is 7.23. The van der Waals surface area contributed by atoms with E-state index in [1.165, 1.54) is 32.1 Å². The van der Waals surface area contributed by atoms with Crippen LogP contribution in [0.15, 0.2) is 0 Å². The zero-order valence-electron chi connectivity index (χ0n) is 11.1. The molecule has 0 saturated carbocycles.